The third-order valence-corrected chi connectivity index (χ3v) is 4.98. The molecule has 2 N–H and O–H groups in total. The average Bonchev–Trinajstić information content (AvgIpc) is 3.13. The lowest BCUT2D eigenvalue weighted by atomic mass is 9.87. The Morgan fingerprint density at radius 1 is 1.04 bits per heavy atom. The molecular formula is C20H18N4. The van der Waals surface area contributed by atoms with Crippen LogP contribution in [0.25, 0.3) is 33.3 Å². The van der Waals surface area contributed by atoms with Crippen molar-refractivity contribution in [3.63, 3.8) is 0 Å². The van der Waals surface area contributed by atoms with Crippen molar-refractivity contribution in [1.29, 1.82) is 0 Å². The molecule has 1 aliphatic rings. The summed E-state index contributed by atoms with van der Waals surface area (Å²) in [6, 6.07) is 14.6. The minimum absolute atomic E-state index is 0.151. The lowest BCUT2D eigenvalue weighted by Crippen LogP contribution is -2.18. The van der Waals surface area contributed by atoms with E-state index in [0.717, 1.165) is 39.9 Å². The molecule has 1 aliphatic heterocycles. The lowest BCUT2D eigenvalue weighted by molar-refractivity contribution is 0.586. The minimum Gasteiger partial charge on any atom is -0.384 e. The van der Waals surface area contributed by atoms with E-state index in [1.54, 1.807) is 0 Å². The van der Waals surface area contributed by atoms with Gasteiger partial charge < -0.3 is 10.3 Å². The zero-order valence-corrected chi connectivity index (χ0v) is 13.7. The van der Waals surface area contributed by atoms with Crippen molar-refractivity contribution in [1.82, 2.24) is 15.0 Å². The molecule has 4 aromatic rings. The van der Waals surface area contributed by atoms with Gasteiger partial charge in [0.2, 0.25) is 0 Å². The first-order chi connectivity index (χ1) is 11.6. The maximum absolute atomic E-state index is 4.84. The van der Waals surface area contributed by atoms with Gasteiger partial charge in [0.1, 0.15) is 5.82 Å². The van der Waals surface area contributed by atoms with E-state index in [2.05, 4.69) is 47.3 Å². The zero-order valence-electron chi connectivity index (χ0n) is 13.7. The van der Waals surface area contributed by atoms with Crippen LogP contribution >= 0.6 is 0 Å². The Morgan fingerprint density at radius 3 is 2.83 bits per heavy atom. The molecule has 118 valence electrons. The number of H-pyrrole nitrogens is 1. The number of hydrogen-bond donors (Lipinski definition) is 2. The number of rotatable bonds is 1. The van der Waals surface area contributed by atoms with Crippen LogP contribution in [0.1, 0.15) is 19.4 Å². The summed E-state index contributed by atoms with van der Waals surface area (Å²) in [4.78, 5) is 12.8. The number of aromatic nitrogens is 3. The van der Waals surface area contributed by atoms with E-state index in [0.29, 0.717) is 0 Å². The first kappa shape index (κ1) is 13.5. The first-order valence-corrected chi connectivity index (χ1v) is 8.24. The molecule has 0 fully saturated rings. The molecule has 0 atom stereocenters. The Bertz CT molecular complexity index is 1090. The second-order valence-electron chi connectivity index (χ2n) is 7.11. The molecule has 0 unspecified atom stereocenters. The van der Waals surface area contributed by atoms with Crippen LogP contribution < -0.4 is 5.32 Å². The van der Waals surface area contributed by atoms with Crippen molar-refractivity contribution in [3.05, 3.63) is 54.2 Å². The van der Waals surface area contributed by atoms with Gasteiger partial charge in [0, 0.05) is 34.8 Å². The van der Waals surface area contributed by atoms with Crippen molar-refractivity contribution in [2.45, 2.75) is 19.3 Å². The Morgan fingerprint density at radius 2 is 1.92 bits per heavy atom. The molecule has 5 rings (SSSR count). The van der Waals surface area contributed by atoms with Crippen LogP contribution in [0.5, 0.6) is 0 Å². The molecule has 4 heteroatoms. The van der Waals surface area contributed by atoms with Gasteiger partial charge in [-0.15, -0.1) is 0 Å². The molecule has 3 heterocycles. The summed E-state index contributed by atoms with van der Waals surface area (Å²) in [6.45, 7) is 5.51. The van der Waals surface area contributed by atoms with Crippen molar-refractivity contribution in [2.24, 2.45) is 0 Å². The van der Waals surface area contributed by atoms with Gasteiger partial charge in [0.15, 0.2) is 0 Å². The largest absolute Gasteiger partial charge is 0.384 e. The fourth-order valence-electron chi connectivity index (χ4n) is 3.60. The van der Waals surface area contributed by atoms with Crippen LogP contribution in [0.4, 0.5) is 5.69 Å². The second-order valence-corrected chi connectivity index (χ2v) is 7.11. The summed E-state index contributed by atoms with van der Waals surface area (Å²) in [6.07, 6.45) is 1.84. The lowest BCUT2D eigenvalue weighted by Gasteiger charge is -2.16. The van der Waals surface area contributed by atoms with Gasteiger partial charge >= 0.3 is 0 Å². The molecule has 2 aromatic carbocycles. The highest BCUT2D eigenvalue weighted by Gasteiger charge is 2.30. The minimum atomic E-state index is 0.151. The quantitative estimate of drug-likeness (QED) is 0.544. The Kier molecular flexibility index (Phi) is 2.58. The molecule has 0 amide bonds. The molecule has 2 aromatic heterocycles. The topological polar surface area (TPSA) is 53.6 Å². The standard InChI is InChI=1S/C20H18N4/c1-20(2)11-22-16-10-18-17(9-14(16)20)23-19(24-18)13-7-8-21-15-6-4-3-5-12(13)15/h3-10,22H,11H2,1-2H3,(H,23,24). The first-order valence-electron chi connectivity index (χ1n) is 8.24. The van der Waals surface area contributed by atoms with E-state index in [-0.39, 0.29) is 5.41 Å². The number of nitrogens with zero attached hydrogens (tertiary/aromatic N) is 2. The Hall–Kier alpha value is -2.88. The number of anilines is 1. The number of fused-ring (bicyclic) bond motifs is 3. The van der Waals surface area contributed by atoms with Gasteiger partial charge in [-0.2, -0.15) is 0 Å². The number of para-hydroxylation sites is 1. The summed E-state index contributed by atoms with van der Waals surface area (Å²) >= 11 is 0. The Balaban J connectivity index is 1.74. The molecule has 4 nitrogen and oxygen atoms in total. The summed E-state index contributed by atoms with van der Waals surface area (Å²) in [5.41, 5.74) is 6.86. The highest BCUT2D eigenvalue weighted by molar-refractivity contribution is 5.95. The van der Waals surface area contributed by atoms with Crippen molar-refractivity contribution in [2.75, 3.05) is 11.9 Å². The molecule has 0 aliphatic carbocycles. The normalized spacial score (nSPS) is 15.6. The third-order valence-electron chi connectivity index (χ3n) is 4.98. The molecule has 0 spiro atoms. The van der Waals surface area contributed by atoms with Crippen molar-refractivity contribution >= 4 is 27.6 Å². The van der Waals surface area contributed by atoms with Crippen LogP contribution in [0.2, 0.25) is 0 Å². The van der Waals surface area contributed by atoms with Crippen LogP contribution in [-0.2, 0) is 5.41 Å². The fraction of sp³-hybridized carbons (Fsp3) is 0.200. The van der Waals surface area contributed by atoms with Gasteiger partial charge in [0.25, 0.3) is 0 Å². The summed E-state index contributed by atoms with van der Waals surface area (Å²) < 4.78 is 0. The van der Waals surface area contributed by atoms with Crippen LogP contribution in [0.3, 0.4) is 0 Å². The zero-order chi connectivity index (χ0) is 16.3. The number of pyridine rings is 1. The molecule has 0 radical (unpaired) electrons. The van der Waals surface area contributed by atoms with Gasteiger partial charge in [-0.3, -0.25) is 4.98 Å². The van der Waals surface area contributed by atoms with E-state index >= 15 is 0 Å². The average molecular weight is 314 g/mol. The van der Waals surface area contributed by atoms with Gasteiger partial charge in [-0.25, -0.2) is 4.98 Å². The predicted octanol–water partition coefficient (Wildman–Crippen LogP) is 4.48. The summed E-state index contributed by atoms with van der Waals surface area (Å²) in [5.74, 6) is 0.894. The number of nitrogens with one attached hydrogen (secondary N) is 2. The van der Waals surface area contributed by atoms with Crippen LogP contribution in [0.15, 0.2) is 48.7 Å². The van der Waals surface area contributed by atoms with Crippen LogP contribution in [-0.4, -0.2) is 21.5 Å². The molecule has 0 bridgehead atoms. The number of aromatic amines is 1. The maximum atomic E-state index is 4.84. The second kappa shape index (κ2) is 4.57. The highest BCUT2D eigenvalue weighted by Crippen LogP contribution is 2.39. The summed E-state index contributed by atoms with van der Waals surface area (Å²) in [7, 11) is 0. The molecular weight excluding hydrogens is 296 g/mol. The van der Waals surface area contributed by atoms with Gasteiger partial charge in [-0.05, 0) is 29.8 Å². The Labute approximate surface area is 140 Å². The van der Waals surface area contributed by atoms with Crippen molar-refractivity contribution in [3.8, 4) is 11.4 Å². The van der Waals surface area contributed by atoms with E-state index in [9.17, 15) is 0 Å². The summed E-state index contributed by atoms with van der Waals surface area (Å²) in [5, 5.41) is 4.61. The van der Waals surface area contributed by atoms with E-state index in [1.165, 1.54) is 11.3 Å². The van der Waals surface area contributed by atoms with E-state index < -0.39 is 0 Å². The number of imidazole rings is 1. The number of hydrogen-bond acceptors (Lipinski definition) is 3. The highest BCUT2D eigenvalue weighted by atomic mass is 15.0. The maximum Gasteiger partial charge on any atom is 0.139 e. The van der Waals surface area contributed by atoms with E-state index in [1.807, 2.05) is 30.5 Å². The molecule has 24 heavy (non-hydrogen) atoms. The van der Waals surface area contributed by atoms with E-state index in [4.69, 9.17) is 4.98 Å². The predicted molar refractivity (Wildman–Crippen MR) is 98.3 cm³/mol. The van der Waals surface area contributed by atoms with Gasteiger partial charge in [0.05, 0.1) is 16.6 Å². The smallest absolute Gasteiger partial charge is 0.139 e. The van der Waals surface area contributed by atoms with Gasteiger partial charge in [-0.1, -0.05) is 32.0 Å². The molecule has 0 saturated carbocycles. The molecule has 0 saturated heterocycles. The number of benzene rings is 2. The monoisotopic (exact) mass is 314 g/mol. The van der Waals surface area contributed by atoms with Crippen molar-refractivity contribution < 1.29 is 0 Å². The third kappa shape index (κ3) is 1.86. The SMILES string of the molecule is CC1(C)CNc2cc3nc(-c4ccnc5ccccc45)[nH]c3cc21. The fourth-order valence-corrected chi connectivity index (χ4v) is 3.60. The van der Waals surface area contributed by atoms with Crippen LogP contribution in [0, 0.1) is 0 Å².